The first kappa shape index (κ1) is 17.2. The topological polar surface area (TPSA) is 23.4 Å². The van der Waals surface area contributed by atoms with Gasteiger partial charge in [-0.3, -0.25) is 0 Å². The van der Waals surface area contributed by atoms with Crippen molar-refractivity contribution in [1.29, 1.82) is 0 Å². The van der Waals surface area contributed by atoms with Crippen molar-refractivity contribution >= 4 is 10.9 Å². The predicted octanol–water partition coefficient (Wildman–Crippen LogP) is 5.61. The summed E-state index contributed by atoms with van der Waals surface area (Å²) < 4.78 is 14.1. The van der Waals surface area contributed by atoms with Crippen LogP contribution in [0.4, 0.5) is 0 Å². The Morgan fingerprint density at radius 3 is 2.41 bits per heavy atom. The third kappa shape index (κ3) is 4.14. The molecule has 0 radical (unpaired) electrons. The Bertz CT molecular complexity index is 1000. The molecular weight excluding hydrogens is 334 g/mol. The summed E-state index contributed by atoms with van der Waals surface area (Å²) in [4.78, 5) is 0. The Morgan fingerprint density at radius 1 is 0.778 bits per heavy atom. The van der Waals surface area contributed by atoms with Crippen LogP contribution in [0.1, 0.15) is 11.1 Å². The van der Waals surface area contributed by atoms with Gasteiger partial charge in [0.1, 0.15) is 24.7 Å². The highest BCUT2D eigenvalue weighted by molar-refractivity contribution is 5.86. The highest BCUT2D eigenvalue weighted by Crippen LogP contribution is 2.27. The maximum Gasteiger partial charge on any atom is 0.129 e. The van der Waals surface area contributed by atoms with Gasteiger partial charge in [0.2, 0.25) is 0 Å². The summed E-state index contributed by atoms with van der Waals surface area (Å²) >= 11 is 0. The second kappa shape index (κ2) is 8.00. The predicted molar refractivity (Wildman–Crippen MR) is 109 cm³/mol. The highest BCUT2D eigenvalue weighted by Gasteiger charge is 2.07. The van der Waals surface area contributed by atoms with E-state index in [1.807, 2.05) is 42.5 Å². The van der Waals surface area contributed by atoms with Crippen LogP contribution >= 0.6 is 0 Å². The average Bonchev–Trinajstić information content (AvgIpc) is 3.12. The smallest absolute Gasteiger partial charge is 0.129 e. The molecule has 0 fully saturated rings. The van der Waals surface area contributed by atoms with Crippen molar-refractivity contribution in [3.8, 4) is 11.5 Å². The molecule has 4 aromatic rings. The molecular formula is C24H23NO2. The lowest BCUT2D eigenvalue weighted by atomic mass is 10.2. The number of hydrogen-bond donors (Lipinski definition) is 0. The van der Waals surface area contributed by atoms with Gasteiger partial charge in [0.15, 0.2) is 0 Å². The first-order chi connectivity index (χ1) is 13.3. The molecule has 0 amide bonds. The van der Waals surface area contributed by atoms with Gasteiger partial charge in [0.05, 0.1) is 12.1 Å². The number of fused-ring (bicyclic) bond motifs is 1. The second-order valence-corrected chi connectivity index (χ2v) is 6.63. The fourth-order valence-corrected chi connectivity index (χ4v) is 3.15. The maximum absolute atomic E-state index is 6.06. The zero-order valence-corrected chi connectivity index (χ0v) is 15.5. The molecule has 3 heteroatoms. The van der Waals surface area contributed by atoms with Crippen LogP contribution < -0.4 is 9.47 Å². The van der Waals surface area contributed by atoms with Crippen molar-refractivity contribution in [1.82, 2.24) is 4.57 Å². The van der Waals surface area contributed by atoms with Gasteiger partial charge < -0.3 is 14.0 Å². The van der Waals surface area contributed by atoms with E-state index >= 15 is 0 Å². The van der Waals surface area contributed by atoms with E-state index in [2.05, 4.69) is 54.1 Å². The molecule has 0 saturated heterocycles. The first-order valence-electron chi connectivity index (χ1n) is 9.24. The Balaban J connectivity index is 1.43. The largest absolute Gasteiger partial charge is 0.492 e. The number of nitrogens with zero attached hydrogens (tertiary/aromatic N) is 1. The average molecular weight is 357 g/mol. The van der Waals surface area contributed by atoms with Gasteiger partial charge in [-0.05, 0) is 42.8 Å². The van der Waals surface area contributed by atoms with E-state index in [-0.39, 0.29) is 0 Å². The molecule has 0 saturated carbocycles. The first-order valence-corrected chi connectivity index (χ1v) is 9.24. The molecule has 0 spiro atoms. The van der Waals surface area contributed by atoms with Crippen LogP contribution in [0.3, 0.4) is 0 Å². The lowest BCUT2D eigenvalue weighted by Crippen LogP contribution is -2.07. The zero-order chi connectivity index (χ0) is 18.5. The summed E-state index contributed by atoms with van der Waals surface area (Å²) in [6, 6.07) is 26.7. The monoisotopic (exact) mass is 357 g/mol. The summed E-state index contributed by atoms with van der Waals surface area (Å²) in [5, 5.41) is 1.13. The second-order valence-electron chi connectivity index (χ2n) is 6.63. The standard InChI is InChI=1S/C24H23NO2/c1-19-10-12-21(13-11-19)26-17-16-25-15-14-22-23(25)8-5-9-24(22)27-18-20-6-3-2-4-7-20/h2-15H,16-18H2,1H3. The van der Waals surface area contributed by atoms with Crippen molar-refractivity contribution in [2.45, 2.75) is 20.1 Å². The number of rotatable bonds is 7. The third-order valence-corrected chi connectivity index (χ3v) is 4.63. The van der Waals surface area contributed by atoms with Crippen molar-refractivity contribution in [2.24, 2.45) is 0 Å². The molecule has 136 valence electrons. The number of aromatic nitrogens is 1. The normalized spacial score (nSPS) is 10.9. The Kier molecular flexibility index (Phi) is 5.10. The van der Waals surface area contributed by atoms with Crippen LogP contribution in [0.5, 0.6) is 11.5 Å². The molecule has 0 N–H and O–H groups in total. The van der Waals surface area contributed by atoms with Crippen molar-refractivity contribution in [2.75, 3.05) is 6.61 Å². The summed E-state index contributed by atoms with van der Waals surface area (Å²) in [6.45, 7) is 4.07. The minimum atomic E-state index is 0.571. The van der Waals surface area contributed by atoms with Crippen LogP contribution in [-0.2, 0) is 13.2 Å². The Morgan fingerprint density at radius 2 is 1.59 bits per heavy atom. The summed E-state index contributed by atoms with van der Waals surface area (Å²) in [6.07, 6.45) is 2.10. The van der Waals surface area contributed by atoms with Crippen LogP contribution in [0.25, 0.3) is 10.9 Å². The van der Waals surface area contributed by atoms with E-state index in [9.17, 15) is 0 Å². The molecule has 4 rings (SSSR count). The molecule has 1 heterocycles. The van der Waals surface area contributed by atoms with Crippen molar-refractivity contribution in [3.05, 3.63) is 96.2 Å². The fourth-order valence-electron chi connectivity index (χ4n) is 3.15. The SMILES string of the molecule is Cc1ccc(OCCn2ccc3c(OCc4ccccc4)cccc32)cc1. The molecule has 0 aliphatic carbocycles. The molecule has 0 aliphatic heterocycles. The molecule has 0 unspecified atom stereocenters. The van der Waals surface area contributed by atoms with Gasteiger partial charge in [-0.25, -0.2) is 0 Å². The zero-order valence-electron chi connectivity index (χ0n) is 15.5. The molecule has 0 atom stereocenters. The third-order valence-electron chi connectivity index (χ3n) is 4.63. The lowest BCUT2D eigenvalue weighted by molar-refractivity contribution is 0.300. The van der Waals surface area contributed by atoms with Gasteiger partial charge in [-0.2, -0.15) is 0 Å². The van der Waals surface area contributed by atoms with Gasteiger partial charge in [0, 0.05) is 11.6 Å². The summed E-state index contributed by atoms with van der Waals surface area (Å²) in [7, 11) is 0. The van der Waals surface area contributed by atoms with E-state index in [4.69, 9.17) is 9.47 Å². The number of ether oxygens (including phenoxy) is 2. The van der Waals surface area contributed by atoms with E-state index in [0.29, 0.717) is 13.2 Å². The molecule has 1 aromatic heterocycles. The van der Waals surface area contributed by atoms with Crippen LogP contribution in [0, 0.1) is 6.92 Å². The summed E-state index contributed by atoms with van der Waals surface area (Å²) in [5.74, 6) is 1.82. The van der Waals surface area contributed by atoms with Crippen LogP contribution in [-0.4, -0.2) is 11.2 Å². The van der Waals surface area contributed by atoms with Gasteiger partial charge in [-0.1, -0.05) is 54.1 Å². The molecule has 3 nitrogen and oxygen atoms in total. The highest BCUT2D eigenvalue weighted by atomic mass is 16.5. The number of benzene rings is 3. The Hall–Kier alpha value is -3.20. The Labute approximate surface area is 159 Å². The van der Waals surface area contributed by atoms with Crippen LogP contribution in [0.2, 0.25) is 0 Å². The molecule has 0 bridgehead atoms. The lowest BCUT2D eigenvalue weighted by Gasteiger charge is -2.10. The van der Waals surface area contributed by atoms with E-state index < -0.39 is 0 Å². The summed E-state index contributed by atoms with van der Waals surface area (Å²) in [5.41, 5.74) is 3.57. The maximum atomic E-state index is 6.06. The van der Waals surface area contributed by atoms with Gasteiger partial charge >= 0.3 is 0 Å². The van der Waals surface area contributed by atoms with Crippen LogP contribution in [0.15, 0.2) is 85.1 Å². The molecule has 3 aromatic carbocycles. The number of hydrogen-bond acceptors (Lipinski definition) is 2. The van der Waals surface area contributed by atoms with E-state index in [0.717, 1.165) is 28.9 Å². The molecule has 27 heavy (non-hydrogen) atoms. The van der Waals surface area contributed by atoms with Crippen molar-refractivity contribution in [3.63, 3.8) is 0 Å². The fraction of sp³-hybridized carbons (Fsp3) is 0.167. The van der Waals surface area contributed by atoms with E-state index in [1.165, 1.54) is 11.1 Å². The minimum absolute atomic E-state index is 0.571. The van der Waals surface area contributed by atoms with Crippen molar-refractivity contribution < 1.29 is 9.47 Å². The minimum Gasteiger partial charge on any atom is -0.492 e. The quantitative estimate of drug-likeness (QED) is 0.429. The van der Waals surface area contributed by atoms with E-state index in [1.54, 1.807) is 0 Å². The number of aryl methyl sites for hydroxylation is 1. The molecule has 0 aliphatic rings. The van der Waals surface area contributed by atoms with Gasteiger partial charge in [0.25, 0.3) is 0 Å². The van der Waals surface area contributed by atoms with Gasteiger partial charge in [-0.15, -0.1) is 0 Å².